The number of H-pyrrole nitrogens is 1. The topological polar surface area (TPSA) is 27.8 Å². The van der Waals surface area contributed by atoms with Crippen LogP contribution in [0.5, 0.6) is 0 Å². The Labute approximate surface area is 96.1 Å². The molecule has 0 fully saturated rings. The second kappa shape index (κ2) is 3.95. The maximum Gasteiger partial charge on any atom is 0.0458 e. The van der Waals surface area contributed by atoms with Crippen LogP contribution in [-0.4, -0.2) is 17.6 Å². The number of aromatic nitrogens is 1. The predicted octanol–water partition coefficient (Wildman–Crippen LogP) is 2.63. The normalized spacial score (nSPS) is 20.7. The minimum Gasteiger partial charge on any atom is -0.358 e. The number of benzene rings is 1. The molecular formula is C14H18N2. The van der Waals surface area contributed by atoms with E-state index in [9.17, 15) is 0 Å². The number of rotatable bonds is 1. The lowest BCUT2D eigenvalue weighted by Gasteiger charge is -2.12. The zero-order valence-corrected chi connectivity index (χ0v) is 9.72. The third kappa shape index (κ3) is 1.54. The van der Waals surface area contributed by atoms with Gasteiger partial charge in [0.2, 0.25) is 0 Å². The van der Waals surface area contributed by atoms with Gasteiger partial charge in [-0.25, -0.2) is 0 Å². The van der Waals surface area contributed by atoms with Crippen LogP contribution in [0, 0.1) is 0 Å². The predicted molar refractivity (Wildman–Crippen MR) is 67.8 cm³/mol. The van der Waals surface area contributed by atoms with Crippen LogP contribution in [0.25, 0.3) is 10.9 Å². The molecule has 16 heavy (non-hydrogen) atoms. The lowest BCUT2D eigenvalue weighted by Crippen LogP contribution is -2.29. The van der Waals surface area contributed by atoms with E-state index in [1.807, 2.05) is 0 Å². The summed E-state index contributed by atoms with van der Waals surface area (Å²) in [6, 6.07) is 9.28. The van der Waals surface area contributed by atoms with Crippen LogP contribution in [-0.2, 0) is 12.8 Å². The number of fused-ring (bicyclic) bond motifs is 3. The molecule has 0 aliphatic carbocycles. The summed E-state index contributed by atoms with van der Waals surface area (Å²) in [4.78, 5) is 3.58. The van der Waals surface area contributed by atoms with Crippen molar-refractivity contribution in [2.75, 3.05) is 6.54 Å². The molecule has 1 atom stereocenters. The fraction of sp³-hybridized carbons (Fsp3) is 0.429. The van der Waals surface area contributed by atoms with Crippen LogP contribution in [0.3, 0.4) is 0 Å². The molecule has 0 bridgehead atoms. The van der Waals surface area contributed by atoms with E-state index >= 15 is 0 Å². The molecule has 1 aliphatic rings. The van der Waals surface area contributed by atoms with Crippen LogP contribution >= 0.6 is 0 Å². The van der Waals surface area contributed by atoms with Crippen molar-refractivity contribution in [2.45, 2.75) is 32.2 Å². The van der Waals surface area contributed by atoms with Crippen molar-refractivity contribution in [1.82, 2.24) is 10.3 Å². The van der Waals surface area contributed by atoms with E-state index in [1.165, 1.54) is 28.6 Å². The Bertz CT molecular complexity index is 498. The van der Waals surface area contributed by atoms with Gasteiger partial charge in [0.15, 0.2) is 0 Å². The van der Waals surface area contributed by atoms with Gasteiger partial charge in [-0.05, 0) is 31.0 Å². The summed E-state index contributed by atoms with van der Waals surface area (Å²) >= 11 is 0. The fourth-order valence-corrected chi connectivity index (χ4v) is 2.72. The van der Waals surface area contributed by atoms with Crippen molar-refractivity contribution in [3.05, 3.63) is 35.5 Å². The van der Waals surface area contributed by atoms with Gasteiger partial charge >= 0.3 is 0 Å². The van der Waals surface area contributed by atoms with Crippen LogP contribution in [0.2, 0.25) is 0 Å². The Morgan fingerprint density at radius 3 is 3.06 bits per heavy atom. The molecule has 1 aromatic heterocycles. The highest BCUT2D eigenvalue weighted by Gasteiger charge is 2.18. The Hall–Kier alpha value is -1.28. The van der Waals surface area contributed by atoms with Crippen molar-refractivity contribution in [3.63, 3.8) is 0 Å². The van der Waals surface area contributed by atoms with Crippen molar-refractivity contribution >= 4 is 10.9 Å². The van der Waals surface area contributed by atoms with Gasteiger partial charge in [0.1, 0.15) is 0 Å². The van der Waals surface area contributed by atoms with E-state index in [0.29, 0.717) is 6.04 Å². The van der Waals surface area contributed by atoms with Crippen LogP contribution in [0.1, 0.15) is 24.6 Å². The van der Waals surface area contributed by atoms with Gasteiger partial charge < -0.3 is 10.3 Å². The zero-order valence-electron chi connectivity index (χ0n) is 9.72. The van der Waals surface area contributed by atoms with Crippen molar-refractivity contribution in [1.29, 1.82) is 0 Å². The molecule has 1 unspecified atom stereocenters. The lowest BCUT2D eigenvalue weighted by atomic mass is 10.0. The van der Waals surface area contributed by atoms with Gasteiger partial charge in [-0.1, -0.05) is 25.1 Å². The second-order valence-corrected chi connectivity index (χ2v) is 4.64. The minimum absolute atomic E-state index is 0.634. The van der Waals surface area contributed by atoms with Crippen molar-refractivity contribution in [2.24, 2.45) is 0 Å². The molecule has 84 valence electrons. The number of nitrogens with one attached hydrogen (secondary N) is 2. The fourth-order valence-electron chi connectivity index (χ4n) is 2.72. The summed E-state index contributed by atoms with van der Waals surface area (Å²) < 4.78 is 0. The molecule has 2 aromatic rings. The summed E-state index contributed by atoms with van der Waals surface area (Å²) in [5, 5.41) is 5.02. The van der Waals surface area contributed by atoms with Gasteiger partial charge in [-0.2, -0.15) is 0 Å². The van der Waals surface area contributed by atoms with Gasteiger partial charge in [-0.15, -0.1) is 0 Å². The minimum atomic E-state index is 0.634. The van der Waals surface area contributed by atoms with Gasteiger partial charge in [-0.3, -0.25) is 0 Å². The molecule has 2 nitrogen and oxygen atoms in total. The van der Waals surface area contributed by atoms with E-state index in [2.05, 4.69) is 41.5 Å². The first-order valence-electron chi connectivity index (χ1n) is 6.20. The number of hydrogen-bond acceptors (Lipinski definition) is 1. The summed E-state index contributed by atoms with van der Waals surface area (Å²) in [6.07, 6.45) is 3.49. The first kappa shape index (κ1) is 9.91. The molecule has 0 saturated carbocycles. The molecule has 1 aliphatic heterocycles. The van der Waals surface area contributed by atoms with E-state index in [0.717, 1.165) is 19.4 Å². The highest BCUT2D eigenvalue weighted by Crippen LogP contribution is 2.25. The lowest BCUT2D eigenvalue weighted by molar-refractivity contribution is 0.510. The maximum absolute atomic E-state index is 3.61. The van der Waals surface area contributed by atoms with Crippen molar-refractivity contribution in [3.8, 4) is 0 Å². The second-order valence-electron chi connectivity index (χ2n) is 4.64. The van der Waals surface area contributed by atoms with E-state index < -0.39 is 0 Å². The van der Waals surface area contributed by atoms with Crippen LogP contribution in [0.15, 0.2) is 24.3 Å². The largest absolute Gasteiger partial charge is 0.358 e. The molecule has 0 amide bonds. The Morgan fingerprint density at radius 1 is 1.31 bits per heavy atom. The average molecular weight is 214 g/mol. The molecule has 1 aromatic carbocycles. The highest BCUT2D eigenvalue weighted by atomic mass is 14.9. The molecule has 2 N–H and O–H groups in total. The summed E-state index contributed by atoms with van der Waals surface area (Å²) in [6.45, 7) is 3.36. The molecule has 2 heteroatoms. The first-order valence-corrected chi connectivity index (χ1v) is 6.20. The van der Waals surface area contributed by atoms with Crippen LogP contribution < -0.4 is 5.32 Å². The number of para-hydroxylation sites is 1. The van der Waals surface area contributed by atoms with Crippen LogP contribution in [0.4, 0.5) is 0 Å². The zero-order chi connectivity index (χ0) is 11.0. The third-order valence-corrected chi connectivity index (χ3v) is 3.65. The van der Waals surface area contributed by atoms with Gasteiger partial charge in [0.25, 0.3) is 0 Å². The number of aromatic amines is 1. The standard InChI is InChI=1S/C14H18N2/c1-2-10-9-14-12(7-8-15-10)11-5-3-4-6-13(11)16-14/h3-6,10,15-16H,2,7-9H2,1H3. The number of hydrogen-bond donors (Lipinski definition) is 2. The highest BCUT2D eigenvalue weighted by molar-refractivity contribution is 5.84. The molecule has 3 rings (SSSR count). The van der Waals surface area contributed by atoms with Crippen molar-refractivity contribution < 1.29 is 0 Å². The smallest absolute Gasteiger partial charge is 0.0458 e. The molecule has 0 saturated heterocycles. The molecule has 0 radical (unpaired) electrons. The Balaban J connectivity index is 2.10. The van der Waals surface area contributed by atoms with E-state index in [4.69, 9.17) is 0 Å². The van der Waals surface area contributed by atoms with Gasteiger partial charge in [0, 0.05) is 29.1 Å². The Kier molecular flexibility index (Phi) is 2.44. The van der Waals surface area contributed by atoms with Gasteiger partial charge in [0.05, 0.1) is 0 Å². The summed E-state index contributed by atoms with van der Waals surface area (Å²) in [5.74, 6) is 0. The molecule has 0 spiro atoms. The van der Waals surface area contributed by atoms with E-state index in [-0.39, 0.29) is 0 Å². The first-order chi connectivity index (χ1) is 7.88. The summed E-state index contributed by atoms with van der Waals surface area (Å²) in [7, 11) is 0. The molecular weight excluding hydrogens is 196 g/mol. The maximum atomic E-state index is 3.61. The molecule has 2 heterocycles. The summed E-state index contributed by atoms with van der Waals surface area (Å²) in [5.41, 5.74) is 4.27. The van der Waals surface area contributed by atoms with E-state index in [1.54, 1.807) is 0 Å². The average Bonchev–Trinajstić information content (AvgIpc) is 2.54. The Morgan fingerprint density at radius 2 is 2.19 bits per heavy atom. The quantitative estimate of drug-likeness (QED) is 0.750. The third-order valence-electron chi connectivity index (χ3n) is 3.65. The SMILES string of the molecule is CCC1Cc2[nH]c3ccccc3c2CCN1. The monoisotopic (exact) mass is 214 g/mol.